The molecule has 1 aromatic rings. The first-order valence-electron chi connectivity index (χ1n) is 6.68. The zero-order valence-electron chi connectivity index (χ0n) is 12.3. The first-order chi connectivity index (χ1) is 9.32. The van der Waals surface area contributed by atoms with E-state index in [4.69, 9.17) is 5.11 Å². The van der Waals surface area contributed by atoms with Crippen molar-refractivity contribution in [1.29, 1.82) is 0 Å². The molecule has 0 aliphatic rings. The first-order valence-corrected chi connectivity index (χ1v) is 6.68. The van der Waals surface area contributed by atoms with Gasteiger partial charge in [-0.25, -0.2) is 9.59 Å². The molecule has 1 aromatic carbocycles. The van der Waals surface area contributed by atoms with Gasteiger partial charge in [0.25, 0.3) is 0 Å². The minimum absolute atomic E-state index is 0.174. The molecule has 2 atom stereocenters. The zero-order valence-corrected chi connectivity index (χ0v) is 12.3. The van der Waals surface area contributed by atoms with Gasteiger partial charge in [0.2, 0.25) is 0 Å². The van der Waals surface area contributed by atoms with Crippen LogP contribution < -0.4 is 10.6 Å². The van der Waals surface area contributed by atoms with Gasteiger partial charge in [-0.05, 0) is 30.9 Å². The molecule has 1 rings (SSSR count). The summed E-state index contributed by atoms with van der Waals surface area (Å²) in [6.07, 6.45) is 0. The van der Waals surface area contributed by atoms with Gasteiger partial charge in [-0.2, -0.15) is 0 Å². The summed E-state index contributed by atoms with van der Waals surface area (Å²) in [6.45, 7) is 7.35. The Morgan fingerprint density at radius 3 is 2.20 bits per heavy atom. The van der Waals surface area contributed by atoms with E-state index < -0.39 is 18.0 Å². The number of aliphatic carboxylic acids is 1. The SMILES string of the molecule is Cc1ccccc1C(C)NC(=O)N[C@H](C(=O)O)C(C)C. The number of carbonyl (C=O) groups excluding carboxylic acids is 1. The van der Waals surface area contributed by atoms with Gasteiger partial charge in [-0.3, -0.25) is 0 Å². The molecule has 0 aliphatic carbocycles. The number of rotatable bonds is 5. The van der Waals surface area contributed by atoms with Crippen LogP contribution in [0.3, 0.4) is 0 Å². The second-order valence-electron chi connectivity index (χ2n) is 5.26. The molecule has 5 nitrogen and oxygen atoms in total. The number of hydrogen-bond acceptors (Lipinski definition) is 2. The second kappa shape index (κ2) is 6.93. The molecule has 0 bridgehead atoms. The Hall–Kier alpha value is -2.04. The number of hydrogen-bond donors (Lipinski definition) is 3. The minimum atomic E-state index is -1.03. The molecule has 20 heavy (non-hydrogen) atoms. The molecular formula is C15H22N2O3. The molecule has 0 spiro atoms. The number of aryl methyl sites for hydroxylation is 1. The van der Waals surface area contributed by atoms with Crippen molar-refractivity contribution >= 4 is 12.0 Å². The van der Waals surface area contributed by atoms with Crippen LogP contribution in [0.5, 0.6) is 0 Å². The molecule has 0 saturated heterocycles. The zero-order chi connectivity index (χ0) is 15.3. The van der Waals surface area contributed by atoms with Gasteiger partial charge in [-0.1, -0.05) is 38.1 Å². The highest BCUT2D eigenvalue weighted by Gasteiger charge is 2.24. The number of carbonyl (C=O) groups is 2. The second-order valence-corrected chi connectivity index (χ2v) is 5.26. The van der Waals surface area contributed by atoms with Gasteiger partial charge in [0.15, 0.2) is 0 Å². The average molecular weight is 278 g/mol. The summed E-state index contributed by atoms with van der Waals surface area (Å²) in [5.74, 6) is -1.20. The maximum absolute atomic E-state index is 11.9. The molecule has 110 valence electrons. The first kappa shape index (κ1) is 16.0. The lowest BCUT2D eigenvalue weighted by Gasteiger charge is -2.21. The maximum atomic E-state index is 11.9. The summed E-state index contributed by atoms with van der Waals surface area (Å²) in [5.41, 5.74) is 2.10. The van der Waals surface area contributed by atoms with Crippen molar-refractivity contribution in [3.8, 4) is 0 Å². The highest BCUT2D eigenvalue weighted by atomic mass is 16.4. The molecule has 0 heterocycles. The Labute approximate surface area is 119 Å². The van der Waals surface area contributed by atoms with E-state index in [2.05, 4.69) is 10.6 Å². The van der Waals surface area contributed by atoms with Crippen molar-refractivity contribution < 1.29 is 14.7 Å². The highest BCUT2D eigenvalue weighted by Crippen LogP contribution is 2.16. The van der Waals surface area contributed by atoms with E-state index >= 15 is 0 Å². The van der Waals surface area contributed by atoms with Gasteiger partial charge in [0.1, 0.15) is 6.04 Å². The topological polar surface area (TPSA) is 78.4 Å². The predicted molar refractivity (Wildman–Crippen MR) is 77.5 cm³/mol. The average Bonchev–Trinajstić information content (AvgIpc) is 2.35. The van der Waals surface area contributed by atoms with Crippen molar-refractivity contribution in [1.82, 2.24) is 10.6 Å². The number of benzene rings is 1. The lowest BCUT2D eigenvalue weighted by molar-refractivity contribution is -0.140. The normalized spacial score (nSPS) is 13.7. The number of nitrogens with one attached hydrogen (secondary N) is 2. The van der Waals surface area contributed by atoms with Crippen LogP contribution in [0.1, 0.15) is 37.9 Å². The molecule has 1 unspecified atom stereocenters. The standard InChI is InChI=1S/C15H22N2O3/c1-9(2)13(14(18)19)17-15(20)16-11(4)12-8-6-5-7-10(12)3/h5-9,11,13H,1-4H3,(H,18,19)(H2,16,17,20)/t11?,13-/m0/s1. The van der Waals surface area contributed by atoms with E-state index in [1.165, 1.54) is 0 Å². The number of carboxylic acids is 1. The fourth-order valence-corrected chi connectivity index (χ4v) is 2.04. The molecule has 0 aliphatic heterocycles. The summed E-state index contributed by atoms with van der Waals surface area (Å²) in [5, 5.41) is 14.3. The van der Waals surface area contributed by atoms with Crippen molar-refractivity contribution in [3.63, 3.8) is 0 Å². The Morgan fingerprint density at radius 1 is 1.10 bits per heavy atom. The Bertz CT molecular complexity index is 486. The highest BCUT2D eigenvalue weighted by molar-refractivity contribution is 5.82. The van der Waals surface area contributed by atoms with E-state index in [0.29, 0.717) is 0 Å². The number of amides is 2. The summed E-state index contributed by atoms with van der Waals surface area (Å²) < 4.78 is 0. The number of urea groups is 1. The summed E-state index contributed by atoms with van der Waals surface area (Å²) in [6, 6.07) is 6.22. The molecule has 0 radical (unpaired) electrons. The van der Waals surface area contributed by atoms with Crippen molar-refractivity contribution in [2.24, 2.45) is 5.92 Å². The van der Waals surface area contributed by atoms with Crippen LogP contribution in [-0.4, -0.2) is 23.1 Å². The predicted octanol–water partition coefficient (Wildman–Crippen LogP) is 2.46. The van der Waals surface area contributed by atoms with Crippen LogP contribution in [0.15, 0.2) is 24.3 Å². The van der Waals surface area contributed by atoms with Gasteiger partial charge in [0, 0.05) is 0 Å². The maximum Gasteiger partial charge on any atom is 0.326 e. The minimum Gasteiger partial charge on any atom is -0.480 e. The summed E-state index contributed by atoms with van der Waals surface area (Å²) in [7, 11) is 0. The van der Waals surface area contributed by atoms with Crippen LogP contribution in [0.2, 0.25) is 0 Å². The fraction of sp³-hybridized carbons (Fsp3) is 0.467. The van der Waals surface area contributed by atoms with Gasteiger partial charge >= 0.3 is 12.0 Å². The molecule has 0 aromatic heterocycles. The van der Waals surface area contributed by atoms with Gasteiger partial charge in [0.05, 0.1) is 6.04 Å². The lowest BCUT2D eigenvalue weighted by Crippen LogP contribution is -2.49. The Kier molecular flexibility index (Phi) is 5.55. The van der Waals surface area contributed by atoms with Crippen LogP contribution in [0.25, 0.3) is 0 Å². The third-order valence-corrected chi connectivity index (χ3v) is 3.22. The van der Waals surface area contributed by atoms with Crippen LogP contribution in [-0.2, 0) is 4.79 Å². The van der Waals surface area contributed by atoms with Crippen molar-refractivity contribution in [3.05, 3.63) is 35.4 Å². The van der Waals surface area contributed by atoms with E-state index in [-0.39, 0.29) is 12.0 Å². The largest absolute Gasteiger partial charge is 0.480 e. The Balaban J connectivity index is 2.67. The summed E-state index contributed by atoms with van der Waals surface area (Å²) >= 11 is 0. The van der Waals surface area contributed by atoms with Gasteiger partial charge in [-0.15, -0.1) is 0 Å². The third kappa shape index (κ3) is 4.26. The quantitative estimate of drug-likeness (QED) is 0.774. The van der Waals surface area contributed by atoms with E-state index in [0.717, 1.165) is 11.1 Å². The van der Waals surface area contributed by atoms with Crippen LogP contribution in [0, 0.1) is 12.8 Å². The van der Waals surface area contributed by atoms with Crippen molar-refractivity contribution in [2.75, 3.05) is 0 Å². The van der Waals surface area contributed by atoms with E-state index in [1.54, 1.807) is 13.8 Å². The van der Waals surface area contributed by atoms with E-state index in [1.807, 2.05) is 38.1 Å². The fourth-order valence-electron chi connectivity index (χ4n) is 2.04. The van der Waals surface area contributed by atoms with Crippen LogP contribution in [0.4, 0.5) is 4.79 Å². The molecule has 0 fully saturated rings. The summed E-state index contributed by atoms with van der Waals surface area (Å²) in [4.78, 5) is 22.9. The van der Waals surface area contributed by atoms with Crippen molar-refractivity contribution in [2.45, 2.75) is 39.8 Å². The molecule has 2 amide bonds. The number of carboxylic acid groups (broad SMARTS) is 1. The smallest absolute Gasteiger partial charge is 0.326 e. The Morgan fingerprint density at radius 2 is 1.70 bits per heavy atom. The van der Waals surface area contributed by atoms with E-state index in [9.17, 15) is 9.59 Å². The molecule has 5 heteroatoms. The van der Waals surface area contributed by atoms with Crippen LogP contribution >= 0.6 is 0 Å². The molecular weight excluding hydrogens is 256 g/mol. The monoisotopic (exact) mass is 278 g/mol. The third-order valence-electron chi connectivity index (χ3n) is 3.22. The van der Waals surface area contributed by atoms with Gasteiger partial charge < -0.3 is 15.7 Å². The lowest BCUT2D eigenvalue weighted by atomic mass is 10.0. The molecule has 3 N–H and O–H groups in total. The molecule has 0 saturated carbocycles.